The molecule has 1 heterocycles. The van der Waals surface area contributed by atoms with Crippen molar-refractivity contribution in [2.75, 3.05) is 14.2 Å². The molecule has 0 atom stereocenters. The predicted octanol–water partition coefficient (Wildman–Crippen LogP) is 6.48. The van der Waals surface area contributed by atoms with E-state index >= 15 is 35.1 Å². The third kappa shape index (κ3) is 7.89. The Morgan fingerprint density at radius 2 is 0.603 bits per heavy atom. The monoisotopic (exact) mass is 929 g/mol. The molecular weight excluding hydrogens is 913 g/mol. The van der Waals surface area contributed by atoms with Crippen molar-refractivity contribution in [3.63, 3.8) is 0 Å². The molecule has 0 saturated heterocycles. The van der Waals surface area contributed by atoms with Gasteiger partial charge in [-0.3, -0.25) is 0 Å². The number of benzene rings is 4. The Labute approximate surface area is 337 Å². The van der Waals surface area contributed by atoms with E-state index in [0.29, 0.717) is 12.1 Å². The van der Waals surface area contributed by atoms with Gasteiger partial charge in [0.15, 0.2) is 88.7 Å². The van der Waals surface area contributed by atoms with Crippen molar-refractivity contribution in [1.82, 2.24) is 0 Å². The van der Waals surface area contributed by atoms with E-state index in [4.69, 9.17) is 0 Å². The summed E-state index contributed by atoms with van der Waals surface area (Å²) >= 11 is 0. The molecule has 0 saturated carbocycles. The van der Waals surface area contributed by atoms with E-state index in [1.165, 1.54) is 14.2 Å². The molecule has 1 aromatic heterocycles. The second-order valence-electron chi connectivity index (χ2n) is 12.5. The molecule has 0 aliphatic heterocycles. The third-order valence-corrected chi connectivity index (χ3v) is 9.11. The lowest BCUT2D eigenvalue weighted by molar-refractivity contribution is -0.689. The first-order valence-electron chi connectivity index (χ1n) is 16.3. The first-order chi connectivity index (χ1) is 29.3. The van der Waals surface area contributed by atoms with Gasteiger partial charge in [0.25, 0.3) is 0 Å². The van der Waals surface area contributed by atoms with Gasteiger partial charge >= 0.3 is 11.9 Å². The maximum atomic E-state index is 15.4. The average molecular weight is 929 g/mol. The Bertz CT molecular complexity index is 2330. The van der Waals surface area contributed by atoms with Crippen LogP contribution < -0.4 is 26.4 Å². The minimum atomic E-state index is -7.22. The summed E-state index contributed by atoms with van der Waals surface area (Å²) in [5.74, 6) is -72.8. The minimum Gasteiger partial charge on any atom is -0.465 e. The van der Waals surface area contributed by atoms with E-state index < -0.39 is 156 Å². The highest BCUT2D eigenvalue weighted by atomic mass is 19.2. The van der Waals surface area contributed by atoms with Crippen LogP contribution in [0, 0.1) is 116 Å². The molecule has 0 bridgehead atoms. The zero-order valence-corrected chi connectivity index (χ0v) is 30.8. The van der Waals surface area contributed by atoms with Gasteiger partial charge in [0.2, 0.25) is 0 Å². The van der Waals surface area contributed by atoms with Crippen LogP contribution in [0.2, 0.25) is 0 Å². The fraction of sp³-hybridized carbons (Fsp3) is 0.108. The lowest BCUT2D eigenvalue weighted by atomic mass is 9.12. The van der Waals surface area contributed by atoms with Gasteiger partial charge in [-0.25, -0.2) is 102 Å². The first-order valence-corrected chi connectivity index (χ1v) is 16.3. The summed E-state index contributed by atoms with van der Waals surface area (Å²) in [4.78, 5) is 23.1. The highest BCUT2D eigenvalue weighted by molar-refractivity contribution is 7.20. The summed E-state index contributed by atoms with van der Waals surface area (Å²) in [5, 5.41) is 0. The Balaban J connectivity index is 0.000000405. The van der Waals surface area contributed by atoms with E-state index in [9.17, 15) is 62.3 Å². The van der Waals surface area contributed by atoms with E-state index in [-0.39, 0.29) is 5.57 Å². The van der Waals surface area contributed by atoms with Crippen molar-refractivity contribution in [2.45, 2.75) is 13.5 Å². The van der Waals surface area contributed by atoms with Crippen LogP contribution in [0.1, 0.15) is 6.92 Å². The summed E-state index contributed by atoms with van der Waals surface area (Å²) in [6, 6.07) is 5.61. The molecular formula is C37H16BF20NO4. The topological polar surface area (TPSA) is 56.5 Å². The average Bonchev–Trinajstić information content (AvgIpc) is 3.26. The lowest BCUT2D eigenvalue weighted by Gasteiger charge is -2.44. The molecule has 336 valence electrons. The van der Waals surface area contributed by atoms with Crippen LogP contribution in [0.3, 0.4) is 0 Å². The van der Waals surface area contributed by atoms with E-state index in [1.807, 2.05) is 35.2 Å². The van der Waals surface area contributed by atoms with E-state index in [0.717, 1.165) is 0 Å². The van der Waals surface area contributed by atoms with Crippen LogP contribution >= 0.6 is 0 Å². The van der Waals surface area contributed by atoms with Gasteiger partial charge in [0.1, 0.15) is 58.3 Å². The Morgan fingerprint density at radius 3 is 0.810 bits per heavy atom. The van der Waals surface area contributed by atoms with E-state index in [1.54, 1.807) is 6.92 Å². The number of hydrogen-bond donors (Lipinski definition) is 0. The van der Waals surface area contributed by atoms with Gasteiger partial charge in [-0.15, -0.1) is 21.9 Å². The second kappa shape index (κ2) is 18.4. The van der Waals surface area contributed by atoms with Crippen molar-refractivity contribution in [3.8, 4) is 0 Å². The molecule has 5 rings (SSSR count). The summed E-state index contributed by atoms with van der Waals surface area (Å²) in [6.45, 7) is 2.11. The largest absolute Gasteiger partial charge is 0.465 e. The molecule has 0 spiro atoms. The molecule has 4 aromatic carbocycles. The molecule has 0 aliphatic carbocycles. The molecule has 63 heavy (non-hydrogen) atoms. The maximum Gasteiger partial charge on any atom is 0.345 e. The SMILES string of the molecule is COC(=O)C(C(=O)OC)=C(C)C[n+]1ccccc1.Fc1c(F)c(F)c([B-](c2c(F)c(F)c(F)c(F)c2F)(c2c(F)c(F)c(F)c(F)c2F)c2c(F)c(F)c(F)c(F)c2F)c(F)c1F. The lowest BCUT2D eigenvalue weighted by Crippen LogP contribution is -2.81. The number of carbonyl (C=O) groups is 2. The molecule has 5 nitrogen and oxygen atoms in total. The predicted molar refractivity (Wildman–Crippen MR) is 173 cm³/mol. The molecule has 0 amide bonds. The van der Waals surface area contributed by atoms with Gasteiger partial charge in [-0.2, -0.15) is 0 Å². The first kappa shape index (κ1) is 49.0. The number of rotatable bonds is 8. The number of esters is 2. The normalized spacial score (nSPS) is 11.3. The van der Waals surface area contributed by atoms with Crippen molar-refractivity contribution in [2.24, 2.45) is 0 Å². The van der Waals surface area contributed by atoms with Crippen LogP contribution in [0.5, 0.6) is 0 Å². The molecule has 0 aliphatic rings. The number of carbonyl (C=O) groups excluding carboxylic acids is 2. The van der Waals surface area contributed by atoms with Gasteiger partial charge < -0.3 is 9.47 Å². The van der Waals surface area contributed by atoms with Crippen molar-refractivity contribution < 1.29 is 111 Å². The Hall–Kier alpha value is -6.63. The molecule has 0 fully saturated rings. The fourth-order valence-corrected chi connectivity index (χ4v) is 6.40. The smallest absolute Gasteiger partial charge is 0.345 e. The van der Waals surface area contributed by atoms with Crippen molar-refractivity contribution >= 4 is 39.9 Å². The van der Waals surface area contributed by atoms with Gasteiger partial charge in [0, 0.05) is 17.7 Å². The zero-order chi connectivity index (χ0) is 47.9. The highest BCUT2D eigenvalue weighted by Gasteiger charge is 2.52. The Morgan fingerprint density at radius 1 is 0.397 bits per heavy atom. The quantitative estimate of drug-likeness (QED) is 0.0206. The van der Waals surface area contributed by atoms with E-state index in [2.05, 4.69) is 9.47 Å². The number of pyridine rings is 1. The second-order valence-corrected chi connectivity index (χ2v) is 12.5. The summed E-state index contributed by atoms with van der Waals surface area (Å²) < 4.78 is 305. The number of nitrogens with zero attached hydrogens (tertiary/aromatic N) is 1. The highest BCUT2D eigenvalue weighted by Crippen LogP contribution is 2.30. The van der Waals surface area contributed by atoms with Crippen LogP contribution in [-0.2, 0) is 25.6 Å². The Kier molecular flexibility index (Phi) is 14.3. The summed E-state index contributed by atoms with van der Waals surface area (Å²) in [5.41, 5.74) is -13.8. The number of ether oxygens (including phenoxy) is 2. The van der Waals surface area contributed by atoms with Crippen molar-refractivity contribution in [1.29, 1.82) is 0 Å². The number of hydrogen-bond acceptors (Lipinski definition) is 4. The fourth-order valence-electron chi connectivity index (χ4n) is 6.40. The van der Waals surface area contributed by atoms with Crippen LogP contribution in [-0.4, -0.2) is 32.3 Å². The van der Waals surface area contributed by atoms with Crippen LogP contribution in [0.25, 0.3) is 0 Å². The van der Waals surface area contributed by atoms with Gasteiger partial charge in [-0.05, 0) is 6.92 Å². The summed E-state index contributed by atoms with van der Waals surface area (Å²) in [6.07, 6.45) is -3.53. The number of allylic oxidation sites excluding steroid dienone is 1. The number of methoxy groups -OCH3 is 2. The van der Waals surface area contributed by atoms with Crippen molar-refractivity contribution in [3.05, 3.63) is 158 Å². The van der Waals surface area contributed by atoms with Crippen LogP contribution in [0.15, 0.2) is 41.7 Å². The van der Waals surface area contributed by atoms with Gasteiger partial charge in [-0.1, -0.05) is 6.07 Å². The standard InChI is InChI=1S/C24BF20.C13H16NO4/c26-5-1(6(27)14(35)21(42)13(5)34)25(2-7(28)15(36)22(43)16(37)8(2)29,3-9(30)17(38)23(44)18(39)10(3)31)4-11(32)19(40)24(45)20(41)12(4)33;1-10(9-14-7-5-4-6-8-14)11(12(15)17-2)13(16)18-3/h;4-8H,9H2,1-3H3/q-1;+1. The van der Waals surface area contributed by atoms with Gasteiger partial charge in [0.05, 0.1) is 14.2 Å². The zero-order valence-electron chi connectivity index (χ0n) is 30.8. The summed E-state index contributed by atoms with van der Waals surface area (Å²) in [7, 11) is 2.46. The number of aromatic nitrogens is 1. The molecule has 26 heteroatoms. The minimum absolute atomic E-state index is 0.0589. The molecule has 0 N–H and O–H groups in total. The number of halogens is 20. The molecule has 0 radical (unpaired) electrons. The van der Waals surface area contributed by atoms with Crippen LogP contribution in [0.4, 0.5) is 87.8 Å². The molecule has 0 unspecified atom stereocenters. The molecule has 5 aromatic rings. The maximum absolute atomic E-state index is 15.4. The third-order valence-electron chi connectivity index (χ3n) is 9.11.